The van der Waals surface area contributed by atoms with E-state index in [1.807, 2.05) is 36.1 Å². The predicted molar refractivity (Wildman–Crippen MR) is 103 cm³/mol. The van der Waals surface area contributed by atoms with Crippen molar-refractivity contribution in [2.75, 3.05) is 13.1 Å². The minimum absolute atomic E-state index is 0.0195. The Morgan fingerprint density at radius 2 is 1.82 bits per heavy atom. The van der Waals surface area contributed by atoms with E-state index >= 15 is 0 Å². The van der Waals surface area contributed by atoms with Crippen molar-refractivity contribution in [3.05, 3.63) is 61.9 Å². The van der Waals surface area contributed by atoms with Crippen LogP contribution in [0.25, 0.3) is 0 Å². The lowest BCUT2D eigenvalue weighted by molar-refractivity contribution is 0.0783. The summed E-state index contributed by atoms with van der Waals surface area (Å²) in [5.41, 5.74) is 0.834. The van der Waals surface area contributed by atoms with Crippen molar-refractivity contribution < 1.29 is 4.79 Å². The number of hydrogen-bond donors (Lipinski definition) is 0. The Bertz CT molecular complexity index is 1050. The zero-order chi connectivity index (χ0) is 19.4. The predicted octanol–water partition coefficient (Wildman–Crippen LogP) is 1.38. The van der Waals surface area contributed by atoms with E-state index in [0.29, 0.717) is 43.5 Å². The molecule has 1 aromatic heterocycles. The van der Waals surface area contributed by atoms with Crippen molar-refractivity contribution in [3.8, 4) is 0 Å². The highest BCUT2D eigenvalue weighted by Crippen LogP contribution is 2.37. The van der Waals surface area contributed by atoms with Gasteiger partial charge in [0.05, 0.1) is 0 Å². The van der Waals surface area contributed by atoms with Gasteiger partial charge in [0.15, 0.2) is 0 Å². The molecule has 2 atom stereocenters. The number of nitrogens with zero attached hydrogens (tertiary/aromatic N) is 4. The molecule has 0 bridgehead atoms. The average Bonchev–Trinajstić information content (AvgIpc) is 3.21. The van der Waals surface area contributed by atoms with Crippen LogP contribution in [-0.4, -0.2) is 38.2 Å². The normalized spacial score (nSPS) is 23.4. The van der Waals surface area contributed by atoms with E-state index in [2.05, 4.69) is 5.10 Å². The van der Waals surface area contributed by atoms with Gasteiger partial charge in [-0.2, -0.15) is 5.10 Å². The van der Waals surface area contributed by atoms with Crippen LogP contribution in [0.2, 0.25) is 0 Å². The molecule has 0 spiro atoms. The summed E-state index contributed by atoms with van der Waals surface area (Å²) >= 11 is 0. The molecule has 3 aliphatic rings. The topological polar surface area (TPSA) is 77.2 Å². The summed E-state index contributed by atoms with van der Waals surface area (Å²) in [4.78, 5) is 39.7. The second kappa shape index (κ2) is 6.43. The van der Waals surface area contributed by atoms with Gasteiger partial charge >= 0.3 is 11.1 Å². The highest BCUT2D eigenvalue weighted by molar-refractivity contribution is 5.94. The van der Waals surface area contributed by atoms with Gasteiger partial charge in [-0.15, -0.1) is 0 Å². The van der Waals surface area contributed by atoms with E-state index in [0.717, 1.165) is 18.4 Å². The maximum atomic E-state index is 12.9. The van der Waals surface area contributed by atoms with Crippen molar-refractivity contribution in [1.29, 1.82) is 0 Å². The van der Waals surface area contributed by atoms with E-state index in [1.54, 1.807) is 4.57 Å². The first-order chi connectivity index (χ1) is 13.5. The lowest BCUT2D eigenvalue weighted by atomic mass is 9.85. The molecular weight excluding hydrogens is 356 g/mol. The van der Waals surface area contributed by atoms with Crippen molar-refractivity contribution >= 4 is 5.91 Å². The average molecular weight is 380 g/mol. The molecule has 0 radical (unpaired) electrons. The van der Waals surface area contributed by atoms with Crippen LogP contribution in [0.15, 0.2) is 33.9 Å². The molecule has 1 aromatic carbocycles. The zero-order valence-electron chi connectivity index (χ0n) is 16.0. The Kier molecular flexibility index (Phi) is 4.00. The van der Waals surface area contributed by atoms with Crippen LogP contribution in [0.5, 0.6) is 0 Å². The summed E-state index contributed by atoms with van der Waals surface area (Å²) in [5.74, 6) is 1.32. The van der Waals surface area contributed by atoms with Crippen LogP contribution in [-0.2, 0) is 13.1 Å². The zero-order valence-corrected chi connectivity index (χ0v) is 16.0. The van der Waals surface area contributed by atoms with Gasteiger partial charge in [-0.05, 0) is 37.8 Å². The highest BCUT2D eigenvalue weighted by Gasteiger charge is 2.44. The standard InChI is InChI=1S/C21H24N4O3/c1-13-5-7-15(8-6-13)19(26)23-10-16-11-24-18(17(16)12-23)22-25(21(28)20(24)27)9-14-3-2-4-14/h5-8,14,16-17H,2-4,9-12H2,1H3/t16-,17-/m0/s1. The molecule has 2 fully saturated rings. The molecule has 7 heteroatoms. The molecular formula is C21H24N4O3. The summed E-state index contributed by atoms with van der Waals surface area (Å²) in [7, 11) is 0. The van der Waals surface area contributed by atoms with E-state index in [-0.39, 0.29) is 17.7 Å². The van der Waals surface area contributed by atoms with Crippen molar-refractivity contribution in [3.63, 3.8) is 0 Å². The van der Waals surface area contributed by atoms with Gasteiger partial charge in [0, 0.05) is 43.6 Å². The van der Waals surface area contributed by atoms with E-state index < -0.39 is 11.1 Å². The van der Waals surface area contributed by atoms with Crippen LogP contribution < -0.4 is 11.1 Å². The van der Waals surface area contributed by atoms with Crippen LogP contribution in [0.4, 0.5) is 0 Å². The third kappa shape index (κ3) is 2.72. The fourth-order valence-corrected chi connectivity index (χ4v) is 4.68. The molecule has 0 unspecified atom stereocenters. The smallest absolute Gasteiger partial charge is 0.332 e. The molecule has 1 aliphatic carbocycles. The van der Waals surface area contributed by atoms with Crippen LogP contribution in [0, 0.1) is 18.8 Å². The number of carbonyl (C=O) groups is 1. The number of benzene rings is 1. The Morgan fingerprint density at radius 1 is 1.07 bits per heavy atom. The first-order valence-corrected chi connectivity index (χ1v) is 10.1. The monoisotopic (exact) mass is 380 g/mol. The molecule has 1 saturated heterocycles. The number of aryl methyl sites for hydroxylation is 1. The minimum Gasteiger partial charge on any atom is -0.338 e. The second-order valence-electron chi connectivity index (χ2n) is 8.50. The molecule has 5 rings (SSSR count). The van der Waals surface area contributed by atoms with Crippen LogP contribution >= 0.6 is 0 Å². The third-order valence-corrected chi connectivity index (χ3v) is 6.59. The summed E-state index contributed by atoms with van der Waals surface area (Å²) < 4.78 is 2.92. The van der Waals surface area contributed by atoms with Gasteiger partial charge in [-0.1, -0.05) is 24.1 Å². The maximum absolute atomic E-state index is 12.9. The molecule has 28 heavy (non-hydrogen) atoms. The molecule has 2 aromatic rings. The fraction of sp³-hybridized carbons (Fsp3) is 0.524. The largest absolute Gasteiger partial charge is 0.338 e. The number of rotatable bonds is 3. The molecule has 1 saturated carbocycles. The lowest BCUT2D eigenvalue weighted by Crippen LogP contribution is -2.45. The molecule has 3 heterocycles. The summed E-state index contributed by atoms with van der Waals surface area (Å²) in [6.45, 7) is 4.15. The highest BCUT2D eigenvalue weighted by atomic mass is 16.2. The van der Waals surface area contributed by atoms with E-state index in [1.165, 1.54) is 11.1 Å². The van der Waals surface area contributed by atoms with Crippen molar-refractivity contribution in [1.82, 2.24) is 19.2 Å². The Morgan fingerprint density at radius 3 is 2.50 bits per heavy atom. The molecule has 2 aliphatic heterocycles. The quantitative estimate of drug-likeness (QED) is 0.754. The number of fused-ring (bicyclic) bond motifs is 3. The lowest BCUT2D eigenvalue weighted by Gasteiger charge is -2.25. The molecule has 0 N–H and O–H groups in total. The van der Waals surface area contributed by atoms with Crippen LogP contribution in [0.1, 0.15) is 46.9 Å². The fourth-order valence-electron chi connectivity index (χ4n) is 4.68. The Hall–Kier alpha value is -2.70. The number of amides is 1. The summed E-state index contributed by atoms with van der Waals surface area (Å²) in [6.07, 6.45) is 3.37. The van der Waals surface area contributed by atoms with Gasteiger partial charge in [-0.3, -0.25) is 19.0 Å². The molecule has 146 valence electrons. The van der Waals surface area contributed by atoms with Gasteiger partial charge in [0.2, 0.25) is 0 Å². The van der Waals surface area contributed by atoms with Crippen molar-refractivity contribution in [2.45, 2.75) is 45.2 Å². The Labute approximate surface area is 162 Å². The van der Waals surface area contributed by atoms with Crippen LogP contribution in [0.3, 0.4) is 0 Å². The SMILES string of the molecule is Cc1ccc(C(=O)N2C[C@H]3Cn4c(nn(CC5CCC5)c(=O)c4=O)[C@H]3C2)cc1. The summed E-state index contributed by atoms with van der Waals surface area (Å²) in [6, 6.07) is 7.61. The van der Waals surface area contributed by atoms with Gasteiger partial charge < -0.3 is 4.90 Å². The summed E-state index contributed by atoms with van der Waals surface area (Å²) in [5, 5.41) is 4.59. The number of likely N-dealkylation sites (tertiary alicyclic amines) is 1. The first-order valence-electron chi connectivity index (χ1n) is 10.1. The van der Waals surface area contributed by atoms with E-state index in [9.17, 15) is 14.4 Å². The Balaban J connectivity index is 1.41. The van der Waals surface area contributed by atoms with Crippen molar-refractivity contribution in [2.24, 2.45) is 11.8 Å². The van der Waals surface area contributed by atoms with Gasteiger partial charge in [0.25, 0.3) is 5.91 Å². The number of carbonyl (C=O) groups excluding carboxylic acids is 1. The maximum Gasteiger partial charge on any atom is 0.332 e. The van der Waals surface area contributed by atoms with Gasteiger partial charge in [0.1, 0.15) is 5.82 Å². The minimum atomic E-state index is -0.511. The van der Waals surface area contributed by atoms with E-state index in [4.69, 9.17) is 0 Å². The third-order valence-electron chi connectivity index (χ3n) is 6.59. The first kappa shape index (κ1) is 17.4. The van der Waals surface area contributed by atoms with Gasteiger partial charge in [-0.25, -0.2) is 4.68 Å². The number of aromatic nitrogens is 3. The number of hydrogen-bond acceptors (Lipinski definition) is 4. The molecule has 7 nitrogen and oxygen atoms in total. The second-order valence-corrected chi connectivity index (χ2v) is 8.50. The molecule has 1 amide bonds.